The van der Waals surface area contributed by atoms with Gasteiger partial charge >= 0.3 is 6.09 Å². The van der Waals surface area contributed by atoms with Crippen LogP contribution in [0.5, 0.6) is 5.75 Å². The minimum Gasteiger partial charge on any atom is -0.484 e. The van der Waals surface area contributed by atoms with Gasteiger partial charge in [-0.15, -0.1) is 0 Å². The highest BCUT2D eigenvalue weighted by atomic mass is 16.6. The van der Waals surface area contributed by atoms with Gasteiger partial charge in [0.15, 0.2) is 6.61 Å². The molecule has 218 valence electrons. The van der Waals surface area contributed by atoms with E-state index < -0.39 is 11.7 Å². The molecule has 1 saturated heterocycles. The minimum atomic E-state index is -0.620. The first-order valence-corrected chi connectivity index (χ1v) is 14.3. The van der Waals surface area contributed by atoms with E-state index in [4.69, 9.17) is 19.4 Å². The Morgan fingerprint density at radius 1 is 1.02 bits per heavy atom. The zero-order valence-electron chi connectivity index (χ0n) is 24.1. The van der Waals surface area contributed by atoms with Crippen LogP contribution in [-0.4, -0.2) is 63.1 Å². The van der Waals surface area contributed by atoms with Gasteiger partial charge in [-0.3, -0.25) is 4.79 Å². The highest BCUT2D eigenvalue weighted by Gasteiger charge is 2.24. The normalized spacial score (nSPS) is 15.1. The van der Waals surface area contributed by atoms with Crippen LogP contribution in [0.1, 0.15) is 46.5 Å². The van der Waals surface area contributed by atoms with E-state index >= 15 is 0 Å². The second-order valence-corrected chi connectivity index (χ2v) is 11.7. The van der Waals surface area contributed by atoms with Crippen molar-refractivity contribution in [2.24, 2.45) is 0 Å². The van der Waals surface area contributed by atoms with Gasteiger partial charge in [-0.05, 0) is 76.8 Å². The van der Waals surface area contributed by atoms with Crippen LogP contribution >= 0.6 is 0 Å². The summed E-state index contributed by atoms with van der Waals surface area (Å²) < 4.78 is 12.5. The summed E-state index contributed by atoms with van der Waals surface area (Å²) in [4.78, 5) is 36.6. The minimum absolute atomic E-state index is 0.0252. The van der Waals surface area contributed by atoms with Gasteiger partial charge in [0.25, 0.3) is 5.91 Å². The van der Waals surface area contributed by atoms with E-state index in [1.54, 1.807) is 6.20 Å². The number of carbonyl (C=O) groups is 2. The molecule has 0 atom stereocenters. The fraction of sp³-hybridized carbons (Fsp3) is 0.387. The summed E-state index contributed by atoms with van der Waals surface area (Å²) >= 11 is 0. The van der Waals surface area contributed by atoms with E-state index in [0.717, 1.165) is 61.1 Å². The van der Waals surface area contributed by atoms with Crippen molar-refractivity contribution in [1.82, 2.24) is 25.1 Å². The van der Waals surface area contributed by atoms with Crippen LogP contribution in [0.4, 0.5) is 22.2 Å². The number of amides is 1. The molecule has 2 fully saturated rings. The standard InChI is InChI=1S/C31H35N7O4/c1-31(2,3)42-30(40)38-26-12-11-23(15-21(26)18-32-38)33-27-17-25(35-29(36-27)37-13-4-5-14-37)20-7-6-8-24(16-20)41-19-28(39)34-22-9-10-22/h6-8,11-12,15-18,22H,4-5,9-10,13-14,19H2,1-3H3,(H,34,39)(H,33,35,36). The topological polar surface area (TPSA) is 124 Å². The van der Waals surface area contributed by atoms with Crippen molar-refractivity contribution >= 4 is 40.4 Å². The maximum absolute atomic E-state index is 12.6. The molecule has 1 aliphatic heterocycles. The third-order valence-corrected chi connectivity index (χ3v) is 6.95. The molecular formula is C31H35N7O4. The number of rotatable bonds is 8. The molecule has 42 heavy (non-hydrogen) atoms. The molecule has 6 rings (SSSR count). The van der Waals surface area contributed by atoms with Gasteiger partial charge in [0.2, 0.25) is 5.95 Å². The number of hydrogen-bond acceptors (Lipinski definition) is 9. The monoisotopic (exact) mass is 569 g/mol. The number of ether oxygens (including phenoxy) is 2. The van der Waals surface area contributed by atoms with Gasteiger partial charge in [-0.1, -0.05) is 12.1 Å². The molecule has 4 aromatic rings. The second-order valence-electron chi connectivity index (χ2n) is 11.7. The quantitative estimate of drug-likeness (QED) is 0.292. The third kappa shape index (κ3) is 6.62. The van der Waals surface area contributed by atoms with Crippen LogP contribution in [0, 0.1) is 0 Å². The average molecular weight is 570 g/mol. The Bertz CT molecular complexity index is 1620. The number of benzene rings is 2. The molecule has 0 radical (unpaired) electrons. The lowest BCUT2D eigenvalue weighted by atomic mass is 10.1. The number of hydrogen-bond donors (Lipinski definition) is 2. The van der Waals surface area contributed by atoms with E-state index in [-0.39, 0.29) is 12.5 Å². The first-order valence-electron chi connectivity index (χ1n) is 14.3. The Hall–Kier alpha value is -4.67. The van der Waals surface area contributed by atoms with Crippen LogP contribution in [0.25, 0.3) is 22.2 Å². The van der Waals surface area contributed by atoms with Crippen LogP contribution in [0.15, 0.2) is 54.7 Å². The van der Waals surface area contributed by atoms with Crippen LogP contribution < -0.4 is 20.3 Å². The van der Waals surface area contributed by atoms with E-state index in [1.807, 2.05) is 69.3 Å². The summed E-state index contributed by atoms with van der Waals surface area (Å²) in [6, 6.07) is 15.4. The predicted octanol–water partition coefficient (Wildman–Crippen LogP) is 5.28. The van der Waals surface area contributed by atoms with Gasteiger partial charge in [-0.25, -0.2) is 9.78 Å². The largest absolute Gasteiger partial charge is 0.484 e. The predicted molar refractivity (Wildman–Crippen MR) is 160 cm³/mol. The van der Waals surface area contributed by atoms with Crippen molar-refractivity contribution in [3.8, 4) is 17.0 Å². The number of nitrogens with one attached hydrogen (secondary N) is 2. The number of nitrogens with zero attached hydrogens (tertiary/aromatic N) is 5. The Kier molecular flexibility index (Phi) is 7.40. The lowest BCUT2D eigenvalue weighted by molar-refractivity contribution is -0.123. The number of fused-ring (bicyclic) bond motifs is 1. The summed E-state index contributed by atoms with van der Waals surface area (Å²) in [7, 11) is 0. The Balaban J connectivity index is 1.25. The van der Waals surface area contributed by atoms with Crippen LogP contribution in [0.3, 0.4) is 0 Å². The molecule has 0 unspecified atom stereocenters. The Morgan fingerprint density at radius 3 is 2.60 bits per heavy atom. The summed E-state index contributed by atoms with van der Waals surface area (Å²) in [5.74, 6) is 1.78. The zero-order chi connectivity index (χ0) is 29.3. The lowest BCUT2D eigenvalue weighted by Gasteiger charge is -2.19. The number of anilines is 3. The Morgan fingerprint density at radius 2 is 1.83 bits per heavy atom. The maximum atomic E-state index is 12.6. The van der Waals surface area contributed by atoms with Crippen molar-refractivity contribution in [2.75, 3.05) is 29.9 Å². The van der Waals surface area contributed by atoms with Crippen molar-refractivity contribution in [2.45, 2.75) is 58.1 Å². The van der Waals surface area contributed by atoms with E-state index in [9.17, 15) is 9.59 Å². The molecule has 1 aliphatic carbocycles. The molecule has 3 heterocycles. The SMILES string of the molecule is CC(C)(C)OC(=O)n1ncc2cc(Nc3cc(-c4cccc(OCC(=O)NC5CC5)c4)nc(N4CCCC4)n3)ccc21. The van der Waals surface area contributed by atoms with Gasteiger partial charge in [-0.2, -0.15) is 14.8 Å². The van der Waals surface area contributed by atoms with Gasteiger partial charge in [0.05, 0.1) is 17.4 Å². The number of carbonyl (C=O) groups excluding carboxylic acids is 2. The fourth-order valence-corrected chi connectivity index (χ4v) is 4.81. The summed E-state index contributed by atoms with van der Waals surface area (Å²) in [6.07, 6.45) is 5.38. The molecule has 2 N–H and O–H groups in total. The Labute approximate surface area is 244 Å². The molecular weight excluding hydrogens is 534 g/mol. The molecule has 2 aromatic heterocycles. The molecule has 11 heteroatoms. The van der Waals surface area contributed by atoms with Crippen LogP contribution in [-0.2, 0) is 9.53 Å². The second kappa shape index (κ2) is 11.3. The average Bonchev–Trinajstić information content (AvgIpc) is 3.41. The van der Waals surface area contributed by atoms with Crippen LogP contribution in [0.2, 0.25) is 0 Å². The first-order chi connectivity index (χ1) is 20.2. The smallest absolute Gasteiger partial charge is 0.435 e. The van der Waals surface area contributed by atoms with Gasteiger partial charge in [0.1, 0.15) is 17.2 Å². The molecule has 2 aromatic carbocycles. The number of aromatic nitrogens is 4. The van der Waals surface area contributed by atoms with Crippen molar-refractivity contribution in [3.05, 3.63) is 54.7 Å². The van der Waals surface area contributed by atoms with Crippen molar-refractivity contribution in [3.63, 3.8) is 0 Å². The summed E-state index contributed by atoms with van der Waals surface area (Å²) in [5, 5.41) is 11.4. The third-order valence-electron chi connectivity index (χ3n) is 6.95. The fourth-order valence-electron chi connectivity index (χ4n) is 4.81. The van der Waals surface area contributed by atoms with E-state index in [0.29, 0.717) is 29.1 Å². The zero-order valence-corrected chi connectivity index (χ0v) is 24.1. The van der Waals surface area contributed by atoms with E-state index in [2.05, 4.69) is 20.6 Å². The molecule has 2 aliphatic rings. The van der Waals surface area contributed by atoms with E-state index in [1.165, 1.54) is 4.68 Å². The summed E-state index contributed by atoms with van der Waals surface area (Å²) in [6.45, 7) is 7.24. The first kappa shape index (κ1) is 27.5. The molecule has 0 spiro atoms. The molecule has 1 saturated carbocycles. The molecule has 1 amide bonds. The highest BCUT2D eigenvalue weighted by molar-refractivity contribution is 5.90. The molecule has 11 nitrogen and oxygen atoms in total. The van der Waals surface area contributed by atoms with Crippen molar-refractivity contribution in [1.29, 1.82) is 0 Å². The van der Waals surface area contributed by atoms with Gasteiger partial charge in [0, 0.05) is 41.8 Å². The highest BCUT2D eigenvalue weighted by Crippen LogP contribution is 2.30. The lowest BCUT2D eigenvalue weighted by Crippen LogP contribution is -2.30. The maximum Gasteiger partial charge on any atom is 0.435 e. The van der Waals surface area contributed by atoms with Gasteiger partial charge < -0.3 is 25.0 Å². The summed E-state index contributed by atoms with van der Waals surface area (Å²) in [5.41, 5.74) is 2.42. The van der Waals surface area contributed by atoms with Crippen molar-refractivity contribution < 1.29 is 19.1 Å². The molecule has 0 bridgehead atoms.